The predicted molar refractivity (Wildman–Crippen MR) is 125 cm³/mol. The smallest absolute Gasteiger partial charge is 0.229 e. The molecule has 10 heteroatoms. The van der Waals surface area contributed by atoms with E-state index < -0.39 is 10.2 Å². The molecule has 1 atom stereocenters. The van der Waals surface area contributed by atoms with Crippen LogP contribution in [0.2, 0.25) is 0 Å². The van der Waals surface area contributed by atoms with Gasteiger partial charge in [0.2, 0.25) is 11.1 Å². The fourth-order valence-electron chi connectivity index (χ4n) is 2.60. The van der Waals surface area contributed by atoms with E-state index >= 15 is 0 Å². The van der Waals surface area contributed by atoms with E-state index in [-0.39, 0.29) is 17.8 Å². The van der Waals surface area contributed by atoms with Gasteiger partial charge in [-0.1, -0.05) is 0 Å². The number of thiophene rings is 1. The van der Waals surface area contributed by atoms with Gasteiger partial charge >= 0.3 is 0 Å². The van der Waals surface area contributed by atoms with Crippen molar-refractivity contribution in [1.82, 2.24) is 9.97 Å². The van der Waals surface area contributed by atoms with Gasteiger partial charge in [-0.25, -0.2) is 4.98 Å². The Balaban J connectivity index is 1.83. The summed E-state index contributed by atoms with van der Waals surface area (Å²) in [7, 11) is -2.21. The number of rotatable bonds is 8. The summed E-state index contributed by atoms with van der Waals surface area (Å²) < 4.78 is 2.98. The van der Waals surface area contributed by atoms with Crippen LogP contribution in [0.5, 0.6) is 0 Å². The summed E-state index contributed by atoms with van der Waals surface area (Å²) in [6, 6.07) is 8.57. The summed E-state index contributed by atoms with van der Waals surface area (Å²) in [5.74, 6) is 0.989. The fourth-order valence-corrected chi connectivity index (χ4v) is 4.04. The summed E-state index contributed by atoms with van der Waals surface area (Å²) in [6.45, 7) is 1.83. The minimum Gasteiger partial charge on any atom is -0.394 e. The predicted octanol–water partition coefficient (Wildman–Crippen LogP) is 4.63. The van der Waals surface area contributed by atoms with Crippen LogP contribution < -0.4 is 10.6 Å². The van der Waals surface area contributed by atoms with Gasteiger partial charge in [-0.15, -0.1) is 4.91 Å². The minimum atomic E-state index is -2.21. The number of hydrogen-bond donors (Lipinski definition) is 3. The highest BCUT2D eigenvalue weighted by molar-refractivity contribution is 8.43. The van der Waals surface area contributed by atoms with Crippen LogP contribution >= 0.6 is 21.6 Å². The number of carbonyl (C=O) groups excluding carboxylic acids is 1. The van der Waals surface area contributed by atoms with E-state index in [9.17, 15) is 14.8 Å². The maximum atomic E-state index is 12.4. The van der Waals surface area contributed by atoms with Crippen LogP contribution in [0.4, 0.5) is 17.5 Å². The molecule has 3 N–H and O–H groups in total. The zero-order chi connectivity index (χ0) is 21.7. The third-order valence-electron chi connectivity index (χ3n) is 4.29. The van der Waals surface area contributed by atoms with Gasteiger partial charge in [0.1, 0.15) is 5.82 Å². The molecule has 0 saturated carbocycles. The van der Waals surface area contributed by atoms with Gasteiger partial charge in [0.15, 0.2) is 0 Å². The van der Waals surface area contributed by atoms with E-state index in [2.05, 4.69) is 25.2 Å². The highest BCUT2D eigenvalue weighted by Gasteiger charge is 2.24. The zero-order valence-corrected chi connectivity index (χ0v) is 18.5. The monoisotopic (exact) mass is 445 g/mol. The molecule has 0 aliphatic heterocycles. The van der Waals surface area contributed by atoms with E-state index in [0.717, 1.165) is 11.1 Å². The van der Waals surface area contributed by atoms with Gasteiger partial charge in [-0.05, 0) is 80.9 Å². The second-order valence-electron chi connectivity index (χ2n) is 7.03. The van der Waals surface area contributed by atoms with Gasteiger partial charge in [-0.3, -0.25) is 4.79 Å². The zero-order valence-electron chi connectivity index (χ0n) is 16.8. The molecule has 0 unspecified atom stereocenters. The molecule has 8 nitrogen and oxygen atoms in total. The standard InChI is InChI=1S/C20H23N5O3S2/c1-13(11-26)22-18-17(15-8-9-29-12-15)10-21-20(24-18)23-16-6-4-14(5-7-16)19(27)30(2,3)25-28/h4-10,12-13,26H,11H2,1-3H3,(H2,21,22,23,24)/t13-/m1/s1. The molecule has 0 fully saturated rings. The lowest BCUT2D eigenvalue weighted by Crippen LogP contribution is -2.21. The Morgan fingerprint density at radius 2 is 2.00 bits per heavy atom. The normalized spacial score (nSPS) is 12.8. The number of nitrogens with one attached hydrogen (secondary N) is 2. The number of aliphatic hydroxyl groups is 1. The van der Waals surface area contributed by atoms with E-state index in [1.807, 2.05) is 23.8 Å². The average Bonchev–Trinajstić information content (AvgIpc) is 3.28. The first kappa shape index (κ1) is 21.9. The van der Waals surface area contributed by atoms with Crippen LogP contribution in [-0.4, -0.2) is 45.4 Å². The summed E-state index contributed by atoms with van der Waals surface area (Å²) >= 11 is 1.58. The Labute approximate surface area is 180 Å². The van der Waals surface area contributed by atoms with Crippen molar-refractivity contribution in [2.24, 2.45) is 4.58 Å². The first-order valence-corrected chi connectivity index (χ1v) is 12.5. The van der Waals surface area contributed by atoms with E-state index in [1.54, 1.807) is 54.3 Å². The SMILES string of the molecule is C[C@H](CO)Nc1nc(Nc2ccc(C(=O)S(C)(C)N=O)cc2)ncc1-c1ccsc1. The van der Waals surface area contributed by atoms with Crippen LogP contribution in [0.15, 0.2) is 51.9 Å². The van der Waals surface area contributed by atoms with Crippen LogP contribution in [0.1, 0.15) is 17.3 Å². The third-order valence-corrected chi connectivity index (χ3v) is 6.49. The molecule has 0 bridgehead atoms. The van der Waals surface area contributed by atoms with Crippen molar-refractivity contribution in [2.45, 2.75) is 13.0 Å². The van der Waals surface area contributed by atoms with Crippen molar-refractivity contribution in [3.8, 4) is 11.1 Å². The molecule has 2 aromatic heterocycles. The van der Waals surface area contributed by atoms with Crippen molar-refractivity contribution >= 4 is 44.1 Å². The lowest BCUT2D eigenvalue weighted by molar-refractivity contribution is 0.108. The third kappa shape index (κ3) is 5.02. The summed E-state index contributed by atoms with van der Waals surface area (Å²) in [5.41, 5.74) is 2.97. The molecule has 3 rings (SSSR count). The highest BCUT2D eigenvalue weighted by Crippen LogP contribution is 2.44. The molecular weight excluding hydrogens is 422 g/mol. The number of nitrogens with zero attached hydrogens (tertiary/aromatic N) is 3. The molecule has 0 aliphatic carbocycles. The molecule has 30 heavy (non-hydrogen) atoms. The highest BCUT2D eigenvalue weighted by atomic mass is 32.3. The maximum Gasteiger partial charge on any atom is 0.229 e. The minimum absolute atomic E-state index is 0.0285. The van der Waals surface area contributed by atoms with Crippen molar-refractivity contribution in [2.75, 3.05) is 29.8 Å². The summed E-state index contributed by atoms with van der Waals surface area (Å²) in [4.78, 5) is 32.2. The second-order valence-corrected chi connectivity index (χ2v) is 10.9. The first-order valence-electron chi connectivity index (χ1n) is 9.10. The van der Waals surface area contributed by atoms with Crippen molar-refractivity contribution in [1.29, 1.82) is 0 Å². The average molecular weight is 446 g/mol. The number of hydrogen-bond acceptors (Lipinski definition) is 9. The van der Waals surface area contributed by atoms with Gasteiger partial charge in [0, 0.05) is 29.1 Å². The van der Waals surface area contributed by atoms with E-state index in [4.69, 9.17) is 0 Å². The number of aromatic nitrogens is 2. The molecule has 1 aromatic carbocycles. The topological polar surface area (TPSA) is 117 Å². The molecule has 3 aromatic rings. The first-order chi connectivity index (χ1) is 14.3. The fraction of sp³-hybridized carbons (Fsp3) is 0.250. The molecule has 0 saturated heterocycles. The molecule has 0 aliphatic rings. The van der Waals surface area contributed by atoms with Crippen LogP contribution in [0, 0.1) is 4.91 Å². The van der Waals surface area contributed by atoms with Gasteiger partial charge in [0.25, 0.3) is 0 Å². The Hall–Kier alpha value is -2.82. The molecule has 0 radical (unpaired) electrons. The quantitative estimate of drug-likeness (QED) is 0.433. The second kappa shape index (κ2) is 9.33. The Morgan fingerprint density at radius 1 is 1.27 bits per heavy atom. The lowest BCUT2D eigenvalue weighted by Gasteiger charge is -2.19. The number of aliphatic hydroxyl groups excluding tert-OH is 1. The molecule has 0 spiro atoms. The van der Waals surface area contributed by atoms with Gasteiger partial charge < -0.3 is 15.7 Å². The number of nitroso groups, excluding NO2 is 1. The van der Waals surface area contributed by atoms with Crippen LogP contribution in [0.25, 0.3) is 11.1 Å². The lowest BCUT2D eigenvalue weighted by atomic mass is 10.1. The Morgan fingerprint density at radius 3 is 2.60 bits per heavy atom. The Kier molecular flexibility index (Phi) is 6.80. The molecule has 0 amide bonds. The number of anilines is 3. The van der Waals surface area contributed by atoms with Crippen molar-refractivity contribution < 1.29 is 9.90 Å². The van der Waals surface area contributed by atoms with Gasteiger partial charge in [0.05, 0.1) is 6.61 Å². The van der Waals surface area contributed by atoms with Gasteiger partial charge in [-0.2, -0.15) is 16.3 Å². The van der Waals surface area contributed by atoms with E-state index in [1.165, 1.54) is 0 Å². The largest absolute Gasteiger partial charge is 0.394 e. The molecule has 158 valence electrons. The van der Waals surface area contributed by atoms with E-state index in [0.29, 0.717) is 23.0 Å². The summed E-state index contributed by atoms with van der Waals surface area (Å²) in [5, 5.41) is 19.4. The molecular formula is C20H23N5O3S2. The Bertz CT molecular complexity index is 1020. The summed E-state index contributed by atoms with van der Waals surface area (Å²) in [6.07, 6.45) is 4.86. The molecule has 2 heterocycles. The van der Waals surface area contributed by atoms with Crippen molar-refractivity contribution in [3.05, 3.63) is 57.8 Å². The van der Waals surface area contributed by atoms with Crippen LogP contribution in [0.3, 0.4) is 0 Å². The van der Waals surface area contributed by atoms with Crippen molar-refractivity contribution in [3.63, 3.8) is 0 Å². The van der Waals surface area contributed by atoms with Crippen LogP contribution in [-0.2, 0) is 0 Å². The number of benzene rings is 1. The number of carbonyl (C=O) groups is 1. The maximum absolute atomic E-state index is 12.4.